The Morgan fingerprint density at radius 1 is 1.67 bits per heavy atom. The van der Waals surface area contributed by atoms with Crippen LogP contribution in [0.25, 0.3) is 0 Å². The van der Waals surface area contributed by atoms with Crippen molar-refractivity contribution < 1.29 is 9.90 Å². The summed E-state index contributed by atoms with van der Waals surface area (Å²) in [7, 11) is 0. The van der Waals surface area contributed by atoms with Crippen LogP contribution < -0.4 is 5.43 Å². The Morgan fingerprint density at radius 2 is 2.33 bits per heavy atom. The number of nitrogens with one attached hydrogen (secondary N) is 1. The van der Waals surface area contributed by atoms with Gasteiger partial charge in [-0.25, -0.2) is 5.43 Å². The monoisotopic (exact) mass is 172 g/mol. The van der Waals surface area contributed by atoms with E-state index in [4.69, 9.17) is 5.11 Å². The number of carbonyl (C=O) groups is 1. The van der Waals surface area contributed by atoms with Crippen LogP contribution in [-0.2, 0) is 4.79 Å². The molecule has 1 heterocycles. The van der Waals surface area contributed by atoms with Crippen molar-refractivity contribution >= 4 is 5.91 Å². The van der Waals surface area contributed by atoms with Crippen molar-refractivity contribution in [1.82, 2.24) is 10.4 Å². The SMILES string of the molecule is CC1(C)CC(=O)N(CCCO)N1. The molecule has 0 aromatic heterocycles. The molecule has 4 heteroatoms. The fourth-order valence-corrected chi connectivity index (χ4v) is 1.35. The average molecular weight is 172 g/mol. The van der Waals surface area contributed by atoms with E-state index in [-0.39, 0.29) is 18.1 Å². The summed E-state index contributed by atoms with van der Waals surface area (Å²) in [5.74, 6) is 0.119. The Balaban J connectivity index is 2.42. The number of carbonyl (C=O) groups excluding carboxylic acids is 1. The van der Waals surface area contributed by atoms with Gasteiger partial charge in [0.25, 0.3) is 0 Å². The standard InChI is InChI=1S/C8H16N2O2/c1-8(2)6-7(12)10(9-8)4-3-5-11/h9,11H,3-6H2,1-2H3. The first-order valence-corrected chi connectivity index (χ1v) is 4.24. The quantitative estimate of drug-likeness (QED) is 0.624. The molecule has 0 aromatic rings. The smallest absolute Gasteiger partial charge is 0.238 e. The first kappa shape index (κ1) is 9.48. The normalized spacial score (nSPS) is 21.9. The molecule has 0 aliphatic carbocycles. The lowest BCUT2D eigenvalue weighted by Gasteiger charge is -2.21. The van der Waals surface area contributed by atoms with Crippen LogP contribution in [0.1, 0.15) is 26.7 Å². The van der Waals surface area contributed by atoms with Gasteiger partial charge in [0.1, 0.15) is 0 Å². The maximum absolute atomic E-state index is 11.3. The van der Waals surface area contributed by atoms with Gasteiger partial charge in [-0.15, -0.1) is 0 Å². The van der Waals surface area contributed by atoms with Crippen molar-refractivity contribution in [1.29, 1.82) is 0 Å². The summed E-state index contributed by atoms with van der Waals surface area (Å²) in [6, 6.07) is 0. The van der Waals surface area contributed by atoms with E-state index in [1.54, 1.807) is 5.01 Å². The predicted molar refractivity (Wildman–Crippen MR) is 45.2 cm³/mol. The van der Waals surface area contributed by atoms with E-state index >= 15 is 0 Å². The summed E-state index contributed by atoms with van der Waals surface area (Å²) in [5, 5.41) is 10.2. The highest BCUT2D eigenvalue weighted by atomic mass is 16.3. The molecule has 1 aliphatic heterocycles. The zero-order valence-corrected chi connectivity index (χ0v) is 7.63. The molecule has 2 N–H and O–H groups in total. The summed E-state index contributed by atoms with van der Waals surface area (Å²) >= 11 is 0. The van der Waals surface area contributed by atoms with E-state index in [9.17, 15) is 4.79 Å². The Bertz CT molecular complexity index is 180. The molecule has 1 rings (SSSR count). The maximum Gasteiger partial charge on any atom is 0.238 e. The Labute approximate surface area is 72.5 Å². The number of amides is 1. The minimum Gasteiger partial charge on any atom is -0.396 e. The number of nitrogens with zero attached hydrogens (tertiary/aromatic N) is 1. The van der Waals surface area contributed by atoms with E-state index in [2.05, 4.69) is 5.43 Å². The Kier molecular flexibility index (Phi) is 2.69. The van der Waals surface area contributed by atoms with Crippen LogP contribution in [0, 0.1) is 0 Å². The Morgan fingerprint density at radius 3 is 2.75 bits per heavy atom. The number of hydrogen-bond acceptors (Lipinski definition) is 3. The molecular formula is C8H16N2O2. The van der Waals surface area contributed by atoms with E-state index in [0.717, 1.165) is 0 Å². The van der Waals surface area contributed by atoms with Crippen molar-refractivity contribution in [2.75, 3.05) is 13.2 Å². The Hall–Kier alpha value is -0.610. The van der Waals surface area contributed by atoms with Gasteiger partial charge in [-0.05, 0) is 20.3 Å². The van der Waals surface area contributed by atoms with Crippen molar-refractivity contribution in [2.45, 2.75) is 32.2 Å². The summed E-state index contributed by atoms with van der Waals surface area (Å²) in [6.07, 6.45) is 1.17. The fourth-order valence-electron chi connectivity index (χ4n) is 1.35. The molecule has 0 aromatic carbocycles. The predicted octanol–water partition coefficient (Wildman–Crippen LogP) is -0.116. The third kappa shape index (κ3) is 2.19. The van der Waals surface area contributed by atoms with Crippen LogP contribution in [-0.4, -0.2) is 34.7 Å². The molecule has 4 nitrogen and oxygen atoms in total. The minimum absolute atomic E-state index is 0.119. The highest BCUT2D eigenvalue weighted by Crippen LogP contribution is 2.18. The van der Waals surface area contributed by atoms with Gasteiger partial charge >= 0.3 is 0 Å². The van der Waals surface area contributed by atoms with E-state index in [1.807, 2.05) is 13.8 Å². The molecular weight excluding hydrogens is 156 g/mol. The van der Waals surface area contributed by atoms with Gasteiger partial charge in [0.15, 0.2) is 0 Å². The molecule has 0 spiro atoms. The van der Waals surface area contributed by atoms with Gasteiger partial charge in [-0.3, -0.25) is 9.80 Å². The van der Waals surface area contributed by atoms with Gasteiger partial charge in [0.2, 0.25) is 5.91 Å². The number of aliphatic hydroxyl groups excluding tert-OH is 1. The fraction of sp³-hybridized carbons (Fsp3) is 0.875. The molecule has 12 heavy (non-hydrogen) atoms. The number of hydrogen-bond donors (Lipinski definition) is 2. The first-order valence-electron chi connectivity index (χ1n) is 4.24. The largest absolute Gasteiger partial charge is 0.396 e. The molecule has 0 bridgehead atoms. The summed E-state index contributed by atoms with van der Waals surface area (Å²) in [6.45, 7) is 4.71. The van der Waals surface area contributed by atoms with Crippen LogP contribution in [0.3, 0.4) is 0 Å². The lowest BCUT2D eigenvalue weighted by Crippen LogP contribution is -2.42. The molecule has 0 radical (unpaired) electrons. The molecule has 70 valence electrons. The molecule has 0 saturated carbocycles. The van der Waals surface area contributed by atoms with Crippen molar-refractivity contribution in [2.24, 2.45) is 0 Å². The van der Waals surface area contributed by atoms with Crippen LogP contribution in [0.5, 0.6) is 0 Å². The second-order valence-corrected chi connectivity index (χ2v) is 3.80. The van der Waals surface area contributed by atoms with Crippen molar-refractivity contribution in [3.8, 4) is 0 Å². The van der Waals surface area contributed by atoms with Crippen LogP contribution >= 0.6 is 0 Å². The number of rotatable bonds is 3. The van der Waals surface area contributed by atoms with Gasteiger partial charge in [-0.2, -0.15) is 0 Å². The zero-order valence-electron chi connectivity index (χ0n) is 7.63. The molecule has 1 fully saturated rings. The summed E-state index contributed by atoms with van der Waals surface area (Å²) in [5.41, 5.74) is 2.97. The van der Waals surface area contributed by atoms with Gasteiger partial charge in [0.05, 0.1) is 0 Å². The highest BCUT2D eigenvalue weighted by Gasteiger charge is 2.34. The third-order valence-electron chi connectivity index (χ3n) is 1.87. The lowest BCUT2D eigenvalue weighted by molar-refractivity contribution is -0.129. The molecule has 1 aliphatic rings. The van der Waals surface area contributed by atoms with Gasteiger partial charge in [0, 0.05) is 25.1 Å². The number of aliphatic hydroxyl groups is 1. The molecule has 0 atom stereocenters. The third-order valence-corrected chi connectivity index (χ3v) is 1.87. The van der Waals surface area contributed by atoms with E-state index in [0.29, 0.717) is 19.4 Å². The molecule has 1 saturated heterocycles. The zero-order chi connectivity index (χ0) is 9.19. The summed E-state index contributed by atoms with van der Waals surface area (Å²) in [4.78, 5) is 11.3. The summed E-state index contributed by atoms with van der Waals surface area (Å²) < 4.78 is 0. The molecule has 0 unspecified atom stereocenters. The minimum atomic E-state index is -0.119. The first-order chi connectivity index (χ1) is 5.55. The van der Waals surface area contributed by atoms with Crippen molar-refractivity contribution in [3.63, 3.8) is 0 Å². The number of hydrazine groups is 1. The molecule has 1 amide bonds. The van der Waals surface area contributed by atoms with Crippen molar-refractivity contribution in [3.05, 3.63) is 0 Å². The topological polar surface area (TPSA) is 52.6 Å². The van der Waals surface area contributed by atoms with Gasteiger partial charge in [-0.1, -0.05) is 0 Å². The van der Waals surface area contributed by atoms with Gasteiger partial charge < -0.3 is 5.11 Å². The van der Waals surface area contributed by atoms with Crippen LogP contribution in [0.4, 0.5) is 0 Å². The maximum atomic E-state index is 11.3. The van der Waals surface area contributed by atoms with Crippen LogP contribution in [0.15, 0.2) is 0 Å². The lowest BCUT2D eigenvalue weighted by atomic mass is 10.0. The average Bonchev–Trinajstić information content (AvgIpc) is 2.20. The highest BCUT2D eigenvalue weighted by molar-refractivity contribution is 5.79. The van der Waals surface area contributed by atoms with E-state index in [1.165, 1.54) is 0 Å². The van der Waals surface area contributed by atoms with Crippen LogP contribution in [0.2, 0.25) is 0 Å². The second kappa shape index (κ2) is 3.41. The second-order valence-electron chi connectivity index (χ2n) is 3.80. The van der Waals surface area contributed by atoms with E-state index < -0.39 is 0 Å².